The number of aromatic nitrogens is 3. The van der Waals surface area contributed by atoms with Crippen LogP contribution >= 0.6 is 0 Å². The lowest BCUT2D eigenvalue weighted by Gasteiger charge is -2.28. The number of methoxy groups -OCH3 is 1. The van der Waals surface area contributed by atoms with Gasteiger partial charge in [-0.2, -0.15) is 0 Å². The molecule has 4 rings (SSSR count). The summed E-state index contributed by atoms with van der Waals surface area (Å²) in [5.41, 5.74) is 0.463. The highest BCUT2D eigenvalue weighted by molar-refractivity contribution is 5.96. The lowest BCUT2D eigenvalue weighted by atomic mass is 10.2. The molecule has 0 atom stereocenters. The molecule has 2 amide bonds. The predicted molar refractivity (Wildman–Crippen MR) is 92.7 cm³/mol. The minimum atomic E-state index is -0.298. The van der Waals surface area contributed by atoms with Crippen LogP contribution in [0.2, 0.25) is 0 Å². The Morgan fingerprint density at radius 3 is 2.88 bits per heavy atom. The first kappa shape index (κ1) is 16.6. The molecule has 136 valence electrons. The normalized spacial score (nSPS) is 16.1. The highest BCUT2D eigenvalue weighted by atomic mass is 16.5. The van der Waals surface area contributed by atoms with E-state index in [1.807, 2.05) is 0 Å². The molecule has 0 unspecified atom stereocenters. The van der Waals surface area contributed by atoms with E-state index in [9.17, 15) is 9.59 Å². The fourth-order valence-corrected chi connectivity index (χ4v) is 3.17. The van der Waals surface area contributed by atoms with Crippen LogP contribution in [0.15, 0.2) is 24.3 Å². The van der Waals surface area contributed by atoms with E-state index in [2.05, 4.69) is 20.1 Å². The van der Waals surface area contributed by atoms with E-state index in [-0.39, 0.29) is 18.4 Å². The van der Waals surface area contributed by atoms with E-state index in [4.69, 9.17) is 4.74 Å². The maximum absolute atomic E-state index is 12.4. The molecule has 0 radical (unpaired) electrons. The molecular formula is C18H21N5O3. The quantitative estimate of drug-likeness (QED) is 0.862. The van der Waals surface area contributed by atoms with Crippen LogP contribution in [0, 0.1) is 0 Å². The average molecular weight is 355 g/mol. The van der Waals surface area contributed by atoms with Crippen LogP contribution in [0.4, 0.5) is 0 Å². The minimum absolute atomic E-state index is 0.0420. The number of carbonyl (C=O) groups is 2. The zero-order chi connectivity index (χ0) is 18.1. The summed E-state index contributed by atoms with van der Waals surface area (Å²) >= 11 is 0. The van der Waals surface area contributed by atoms with E-state index in [0.717, 1.165) is 11.6 Å². The summed E-state index contributed by atoms with van der Waals surface area (Å²) in [5.74, 6) is 2.60. The van der Waals surface area contributed by atoms with Gasteiger partial charge in [0.05, 0.1) is 20.2 Å². The Hall–Kier alpha value is -2.90. The third-order valence-corrected chi connectivity index (χ3v) is 4.81. The number of benzene rings is 1. The fraction of sp³-hybridized carbons (Fsp3) is 0.444. The molecule has 1 N–H and O–H groups in total. The monoisotopic (exact) mass is 355 g/mol. The summed E-state index contributed by atoms with van der Waals surface area (Å²) in [7, 11) is 1.55. The lowest BCUT2D eigenvalue weighted by molar-refractivity contribution is -0.131. The van der Waals surface area contributed by atoms with Crippen molar-refractivity contribution in [2.24, 2.45) is 0 Å². The smallest absolute Gasteiger partial charge is 0.251 e. The van der Waals surface area contributed by atoms with E-state index in [0.29, 0.717) is 36.9 Å². The van der Waals surface area contributed by atoms with Crippen LogP contribution in [0.25, 0.3) is 0 Å². The molecule has 1 aliphatic heterocycles. The number of nitrogens with zero attached hydrogens (tertiary/aromatic N) is 4. The van der Waals surface area contributed by atoms with Crippen LogP contribution in [0.5, 0.6) is 5.75 Å². The van der Waals surface area contributed by atoms with Crippen LogP contribution in [0.1, 0.15) is 40.8 Å². The second kappa shape index (κ2) is 6.78. The zero-order valence-corrected chi connectivity index (χ0v) is 14.6. The molecule has 8 nitrogen and oxygen atoms in total. The molecule has 8 heteroatoms. The number of nitrogens with one attached hydrogen (secondary N) is 1. The Bertz CT molecular complexity index is 843. The van der Waals surface area contributed by atoms with Crippen molar-refractivity contribution in [1.29, 1.82) is 0 Å². The number of carbonyl (C=O) groups excluding carboxylic acids is 2. The maximum Gasteiger partial charge on any atom is 0.251 e. The highest BCUT2D eigenvalue weighted by Gasteiger charge is 2.32. The molecular weight excluding hydrogens is 334 g/mol. The predicted octanol–water partition coefficient (Wildman–Crippen LogP) is 0.936. The van der Waals surface area contributed by atoms with Crippen LogP contribution in [0.3, 0.4) is 0 Å². The summed E-state index contributed by atoms with van der Waals surface area (Å²) in [4.78, 5) is 26.4. The summed E-state index contributed by atoms with van der Waals surface area (Å²) < 4.78 is 7.25. The van der Waals surface area contributed by atoms with Crippen molar-refractivity contribution < 1.29 is 14.3 Å². The van der Waals surface area contributed by atoms with Crippen molar-refractivity contribution >= 4 is 11.8 Å². The number of fused-ring (bicyclic) bond motifs is 1. The molecule has 1 saturated carbocycles. The van der Waals surface area contributed by atoms with Gasteiger partial charge in [0.1, 0.15) is 11.6 Å². The molecule has 1 aromatic heterocycles. The van der Waals surface area contributed by atoms with Crippen LogP contribution in [-0.4, -0.2) is 51.7 Å². The van der Waals surface area contributed by atoms with Gasteiger partial charge in [-0.1, -0.05) is 6.07 Å². The van der Waals surface area contributed by atoms with Gasteiger partial charge in [-0.15, -0.1) is 10.2 Å². The average Bonchev–Trinajstić information content (AvgIpc) is 3.44. The van der Waals surface area contributed by atoms with Crippen molar-refractivity contribution in [3.8, 4) is 5.75 Å². The van der Waals surface area contributed by atoms with Crippen LogP contribution < -0.4 is 10.1 Å². The first-order valence-electron chi connectivity index (χ1n) is 8.77. The van der Waals surface area contributed by atoms with Crippen molar-refractivity contribution in [1.82, 2.24) is 25.0 Å². The number of ether oxygens (including phenoxy) is 1. The first-order chi connectivity index (χ1) is 12.7. The number of hydrogen-bond donors (Lipinski definition) is 1. The number of rotatable bonds is 5. The van der Waals surface area contributed by atoms with E-state index in [1.54, 1.807) is 36.3 Å². The lowest BCUT2D eigenvalue weighted by Crippen LogP contribution is -2.44. The molecule has 0 spiro atoms. The van der Waals surface area contributed by atoms with E-state index >= 15 is 0 Å². The summed E-state index contributed by atoms with van der Waals surface area (Å²) in [6.07, 6.45) is 2.36. The molecule has 1 fully saturated rings. The topological polar surface area (TPSA) is 89.4 Å². The second-order valence-electron chi connectivity index (χ2n) is 6.63. The van der Waals surface area contributed by atoms with Gasteiger partial charge in [-0.25, -0.2) is 0 Å². The standard InChI is InChI=1S/C18H21N5O3/c1-26-14-4-2-3-13(9-14)18(25)19-10-16(24)22-7-8-23-15(11-22)20-21-17(23)12-5-6-12/h2-4,9,12H,5-8,10-11H2,1H3,(H,19,25). The van der Waals surface area contributed by atoms with Crippen LogP contribution in [-0.2, 0) is 17.9 Å². The Morgan fingerprint density at radius 1 is 1.27 bits per heavy atom. The van der Waals surface area contributed by atoms with Gasteiger partial charge in [0.25, 0.3) is 5.91 Å². The van der Waals surface area contributed by atoms with Gasteiger partial charge in [0.2, 0.25) is 5.91 Å². The summed E-state index contributed by atoms with van der Waals surface area (Å²) in [6.45, 7) is 1.72. The van der Waals surface area contributed by atoms with Crippen molar-refractivity contribution in [2.45, 2.75) is 31.8 Å². The van der Waals surface area contributed by atoms with Gasteiger partial charge < -0.3 is 19.5 Å². The maximum atomic E-state index is 12.4. The molecule has 26 heavy (non-hydrogen) atoms. The Labute approximate surface area is 151 Å². The molecule has 2 aliphatic rings. The molecule has 1 aromatic carbocycles. The SMILES string of the molecule is COc1cccc(C(=O)NCC(=O)N2CCn3c(nnc3C3CC3)C2)c1. The second-order valence-corrected chi connectivity index (χ2v) is 6.63. The minimum Gasteiger partial charge on any atom is -0.497 e. The van der Waals surface area contributed by atoms with Crippen molar-refractivity contribution in [3.05, 3.63) is 41.5 Å². The zero-order valence-electron chi connectivity index (χ0n) is 14.6. The molecule has 2 aromatic rings. The molecule has 1 aliphatic carbocycles. The third kappa shape index (κ3) is 3.26. The van der Waals surface area contributed by atoms with Gasteiger partial charge in [0, 0.05) is 24.6 Å². The number of amides is 2. The molecule has 2 heterocycles. The molecule has 0 bridgehead atoms. The summed E-state index contributed by atoms with van der Waals surface area (Å²) in [5, 5.41) is 11.2. The Balaban J connectivity index is 1.34. The van der Waals surface area contributed by atoms with Gasteiger partial charge in [-0.05, 0) is 31.0 Å². The molecule has 0 saturated heterocycles. The first-order valence-corrected chi connectivity index (χ1v) is 8.77. The summed E-state index contributed by atoms with van der Waals surface area (Å²) in [6, 6.07) is 6.83. The van der Waals surface area contributed by atoms with Crippen molar-refractivity contribution in [3.63, 3.8) is 0 Å². The Kier molecular flexibility index (Phi) is 4.32. The van der Waals surface area contributed by atoms with Gasteiger partial charge in [-0.3, -0.25) is 9.59 Å². The van der Waals surface area contributed by atoms with Gasteiger partial charge in [0.15, 0.2) is 5.82 Å². The van der Waals surface area contributed by atoms with E-state index in [1.165, 1.54) is 12.8 Å². The van der Waals surface area contributed by atoms with Gasteiger partial charge >= 0.3 is 0 Å². The largest absolute Gasteiger partial charge is 0.497 e. The van der Waals surface area contributed by atoms with E-state index < -0.39 is 0 Å². The third-order valence-electron chi connectivity index (χ3n) is 4.81. The fourth-order valence-electron chi connectivity index (χ4n) is 3.17. The van der Waals surface area contributed by atoms with Crippen molar-refractivity contribution in [2.75, 3.05) is 20.2 Å². The number of hydrogen-bond acceptors (Lipinski definition) is 5. The highest BCUT2D eigenvalue weighted by Crippen LogP contribution is 2.39. The Morgan fingerprint density at radius 2 is 2.12 bits per heavy atom.